The molecule has 2 aromatic carbocycles. The van der Waals surface area contributed by atoms with Crippen LogP contribution in [-0.4, -0.2) is 43.9 Å². The van der Waals surface area contributed by atoms with Crippen LogP contribution in [0.4, 0.5) is 0 Å². The molecule has 0 aliphatic heterocycles. The summed E-state index contributed by atoms with van der Waals surface area (Å²) in [5, 5.41) is 8.99. The Morgan fingerprint density at radius 3 is 2.22 bits per heavy atom. The lowest BCUT2D eigenvalue weighted by Gasteiger charge is -2.06. The molecule has 1 aromatic heterocycles. The van der Waals surface area contributed by atoms with Crippen molar-refractivity contribution in [2.45, 2.75) is 37.0 Å². The number of rotatable bonds is 12. The maximum Gasteiger partial charge on any atom is 0.335 e. The molecule has 0 amide bonds. The molecule has 3 aromatic rings. The topological polar surface area (TPSA) is 107 Å². The van der Waals surface area contributed by atoms with E-state index < -0.39 is 15.8 Å². The second-order valence-corrected chi connectivity index (χ2v) is 9.63. The van der Waals surface area contributed by atoms with Crippen molar-refractivity contribution in [3.63, 3.8) is 0 Å². The first-order valence-electron chi connectivity index (χ1n) is 10.5. The van der Waals surface area contributed by atoms with Gasteiger partial charge in [-0.3, -0.25) is 0 Å². The summed E-state index contributed by atoms with van der Waals surface area (Å²) in [5.74, 6) is -0.502. The van der Waals surface area contributed by atoms with Crippen molar-refractivity contribution in [1.29, 1.82) is 0 Å². The second kappa shape index (κ2) is 11.1. The van der Waals surface area contributed by atoms with E-state index in [2.05, 4.69) is 4.98 Å². The average molecular weight is 458 g/mol. The Morgan fingerprint density at radius 1 is 0.938 bits per heavy atom. The molecule has 3 rings (SSSR count). The molecule has 0 aliphatic carbocycles. The van der Waals surface area contributed by atoms with Gasteiger partial charge in [0, 0.05) is 24.8 Å². The third-order valence-corrected chi connectivity index (χ3v) is 6.97. The average Bonchev–Trinajstić information content (AvgIpc) is 3.29. The first-order chi connectivity index (χ1) is 15.4. The van der Waals surface area contributed by atoms with E-state index in [1.807, 2.05) is 0 Å². The van der Waals surface area contributed by atoms with E-state index in [1.165, 1.54) is 18.4 Å². The zero-order valence-electron chi connectivity index (χ0n) is 18.0. The van der Waals surface area contributed by atoms with Gasteiger partial charge in [0.2, 0.25) is 5.89 Å². The van der Waals surface area contributed by atoms with Crippen LogP contribution >= 0.6 is 0 Å². The van der Waals surface area contributed by atoms with Crippen LogP contribution in [0.3, 0.4) is 0 Å². The SMILES string of the molecule is COCCCCCCCS(=O)(=O)c1ccc(-c2coc(-c3ccc(C(=O)O)cc3)n2)cc1. The number of carbonyl (C=O) groups is 1. The van der Waals surface area contributed by atoms with Crippen molar-refractivity contribution in [1.82, 2.24) is 4.98 Å². The second-order valence-electron chi connectivity index (χ2n) is 7.52. The Bertz CT molecular complexity index is 1120. The van der Waals surface area contributed by atoms with Gasteiger partial charge >= 0.3 is 5.97 Å². The number of hydrogen-bond acceptors (Lipinski definition) is 6. The first-order valence-corrected chi connectivity index (χ1v) is 12.2. The van der Waals surface area contributed by atoms with E-state index in [0.717, 1.165) is 37.9 Å². The zero-order valence-corrected chi connectivity index (χ0v) is 18.8. The lowest BCUT2D eigenvalue weighted by molar-refractivity contribution is 0.0697. The van der Waals surface area contributed by atoms with Gasteiger partial charge < -0.3 is 14.3 Å². The van der Waals surface area contributed by atoms with Crippen LogP contribution < -0.4 is 0 Å². The number of hydrogen-bond donors (Lipinski definition) is 1. The summed E-state index contributed by atoms with van der Waals surface area (Å²) in [5.41, 5.74) is 2.15. The van der Waals surface area contributed by atoms with Crippen LogP contribution in [0.25, 0.3) is 22.7 Å². The molecule has 0 saturated heterocycles. The number of unbranched alkanes of at least 4 members (excludes halogenated alkanes) is 4. The minimum atomic E-state index is -3.32. The fraction of sp³-hybridized carbons (Fsp3) is 0.333. The quantitative estimate of drug-likeness (QED) is 0.378. The number of carboxylic acid groups (broad SMARTS) is 1. The Hall–Kier alpha value is -2.97. The normalized spacial score (nSPS) is 11.5. The molecule has 0 saturated carbocycles. The predicted molar refractivity (Wildman–Crippen MR) is 121 cm³/mol. The molecule has 0 radical (unpaired) electrons. The highest BCUT2D eigenvalue weighted by Crippen LogP contribution is 2.26. The standard InChI is InChI=1S/C24H27NO6S/c1-30-15-5-3-2-4-6-16-32(28,29)21-13-11-18(12-14-21)22-17-31-23(25-22)19-7-9-20(10-8-19)24(26)27/h7-14,17H,2-6,15-16H2,1H3,(H,26,27). The molecule has 0 fully saturated rings. The predicted octanol–water partition coefficient (Wildman–Crippen LogP) is 5.08. The van der Waals surface area contributed by atoms with Gasteiger partial charge in [0.1, 0.15) is 12.0 Å². The Kier molecular flexibility index (Phi) is 8.19. The minimum Gasteiger partial charge on any atom is -0.478 e. The molecule has 1 heterocycles. The summed E-state index contributed by atoms with van der Waals surface area (Å²) in [6.45, 7) is 0.745. The number of sulfone groups is 1. The van der Waals surface area contributed by atoms with Crippen molar-refractivity contribution in [3.8, 4) is 22.7 Å². The van der Waals surface area contributed by atoms with Crippen LogP contribution in [-0.2, 0) is 14.6 Å². The van der Waals surface area contributed by atoms with Crippen molar-refractivity contribution in [3.05, 3.63) is 60.4 Å². The molecule has 0 atom stereocenters. The highest BCUT2D eigenvalue weighted by atomic mass is 32.2. The molecule has 0 aliphatic rings. The van der Waals surface area contributed by atoms with Crippen LogP contribution in [0.2, 0.25) is 0 Å². The summed E-state index contributed by atoms with van der Waals surface area (Å²) in [6.07, 6.45) is 6.08. The van der Waals surface area contributed by atoms with Crippen LogP contribution in [0.1, 0.15) is 42.5 Å². The van der Waals surface area contributed by atoms with E-state index in [-0.39, 0.29) is 11.3 Å². The summed E-state index contributed by atoms with van der Waals surface area (Å²) in [7, 11) is -1.64. The van der Waals surface area contributed by atoms with Crippen molar-refractivity contribution >= 4 is 15.8 Å². The van der Waals surface area contributed by atoms with E-state index in [9.17, 15) is 13.2 Å². The maximum atomic E-state index is 12.6. The zero-order chi connectivity index (χ0) is 23.0. The fourth-order valence-corrected chi connectivity index (χ4v) is 4.68. The Balaban J connectivity index is 1.60. The molecule has 7 nitrogen and oxygen atoms in total. The van der Waals surface area contributed by atoms with Gasteiger partial charge in [-0.2, -0.15) is 0 Å². The van der Waals surface area contributed by atoms with Gasteiger partial charge in [0.25, 0.3) is 0 Å². The third-order valence-electron chi connectivity index (χ3n) is 5.15. The fourth-order valence-electron chi connectivity index (χ4n) is 3.31. The maximum absolute atomic E-state index is 12.6. The van der Waals surface area contributed by atoms with Crippen LogP contribution in [0.5, 0.6) is 0 Å². The monoisotopic (exact) mass is 457 g/mol. The number of ether oxygens (including phenoxy) is 1. The lowest BCUT2D eigenvalue weighted by Crippen LogP contribution is -2.06. The number of aromatic nitrogens is 1. The van der Waals surface area contributed by atoms with Crippen molar-refractivity contribution in [2.24, 2.45) is 0 Å². The van der Waals surface area contributed by atoms with Crippen LogP contribution in [0, 0.1) is 0 Å². The smallest absolute Gasteiger partial charge is 0.335 e. The van der Waals surface area contributed by atoms with E-state index >= 15 is 0 Å². The molecule has 0 spiro atoms. The largest absolute Gasteiger partial charge is 0.478 e. The summed E-state index contributed by atoms with van der Waals surface area (Å²) >= 11 is 0. The van der Waals surface area contributed by atoms with Crippen molar-refractivity contribution < 1.29 is 27.5 Å². The van der Waals surface area contributed by atoms with Crippen molar-refractivity contribution in [2.75, 3.05) is 19.5 Å². The number of carboxylic acids is 1. The Morgan fingerprint density at radius 2 is 1.56 bits per heavy atom. The van der Waals surface area contributed by atoms with Gasteiger partial charge in [-0.05, 0) is 49.2 Å². The number of methoxy groups -OCH3 is 1. The highest BCUT2D eigenvalue weighted by molar-refractivity contribution is 7.91. The summed E-state index contributed by atoms with van der Waals surface area (Å²) < 4.78 is 35.7. The van der Waals surface area contributed by atoms with E-state index in [1.54, 1.807) is 43.5 Å². The molecular formula is C24H27NO6S. The molecule has 1 N–H and O–H groups in total. The molecule has 170 valence electrons. The molecular weight excluding hydrogens is 430 g/mol. The van der Waals surface area contributed by atoms with Crippen LogP contribution in [0.15, 0.2) is 64.1 Å². The van der Waals surface area contributed by atoms with Gasteiger partial charge in [-0.25, -0.2) is 18.2 Å². The van der Waals surface area contributed by atoms with Gasteiger partial charge in [-0.15, -0.1) is 0 Å². The highest BCUT2D eigenvalue weighted by Gasteiger charge is 2.15. The number of aromatic carboxylic acids is 1. The number of benzene rings is 2. The molecule has 8 heteroatoms. The summed E-state index contributed by atoms with van der Waals surface area (Å²) in [4.78, 5) is 15.7. The van der Waals surface area contributed by atoms with Gasteiger partial charge in [-0.1, -0.05) is 31.4 Å². The van der Waals surface area contributed by atoms with E-state index in [4.69, 9.17) is 14.3 Å². The van der Waals surface area contributed by atoms with Gasteiger partial charge in [0.15, 0.2) is 9.84 Å². The first kappa shape index (κ1) is 23.7. The Labute approximate surface area is 188 Å². The molecule has 0 bridgehead atoms. The molecule has 0 unspecified atom stereocenters. The van der Waals surface area contributed by atoms with E-state index in [0.29, 0.717) is 28.5 Å². The number of nitrogens with zero attached hydrogens (tertiary/aromatic N) is 1. The molecule has 32 heavy (non-hydrogen) atoms. The minimum absolute atomic E-state index is 0.136. The van der Waals surface area contributed by atoms with Gasteiger partial charge in [0.05, 0.1) is 16.2 Å². The number of oxazole rings is 1. The third kappa shape index (κ3) is 6.27. The lowest BCUT2D eigenvalue weighted by atomic mass is 10.1. The summed E-state index contributed by atoms with van der Waals surface area (Å²) in [6, 6.07) is 12.9.